The van der Waals surface area contributed by atoms with Crippen molar-refractivity contribution in [1.82, 2.24) is 4.90 Å². The van der Waals surface area contributed by atoms with Crippen molar-refractivity contribution < 1.29 is 4.79 Å². The van der Waals surface area contributed by atoms with E-state index in [-0.39, 0.29) is 0 Å². The lowest BCUT2D eigenvalue weighted by Crippen LogP contribution is -2.43. The predicted molar refractivity (Wildman–Crippen MR) is 60.3 cm³/mol. The molecule has 1 unspecified atom stereocenters. The summed E-state index contributed by atoms with van der Waals surface area (Å²) in [7, 11) is 0. The van der Waals surface area contributed by atoms with Crippen molar-refractivity contribution in [2.75, 3.05) is 13.1 Å². The minimum Gasteiger partial charge on any atom is -0.343 e. The van der Waals surface area contributed by atoms with Crippen LogP contribution in [-0.2, 0) is 4.79 Å². The summed E-state index contributed by atoms with van der Waals surface area (Å²) in [6.45, 7) is 1.72. The van der Waals surface area contributed by atoms with E-state index in [2.05, 4.69) is 12.2 Å². The van der Waals surface area contributed by atoms with Gasteiger partial charge in [-0.15, -0.1) is 0 Å². The molecule has 0 aromatic heterocycles. The Kier molecular flexibility index (Phi) is 3.41. The van der Waals surface area contributed by atoms with Crippen LogP contribution in [0.4, 0.5) is 0 Å². The van der Waals surface area contributed by atoms with Gasteiger partial charge in [0.1, 0.15) is 0 Å². The fourth-order valence-electron chi connectivity index (χ4n) is 2.37. The molecular weight excluding hydrogens is 188 g/mol. The molecule has 1 saturated heterocycles. The largest absolute Gasteiger partial charge is 0.343 e. The molecule has 0 aromatic carbocycles. The Morgan fingerprint density at radius 1 is 1.33 bits per heavy atom. The maximum Gasteiger partial charge on any atom is 0.223 e. The lowest BCUT2D eigenvalue weighted by molar-refractivity contribution is -0.132. The molecule has 1 aliphatic heterocycles. The van der Waals surface area contributed by atoms with E-state index < -0.39 is 0 Å². The highest BCUT2D eigenvalue weighted by Crippen LogP contribution is 2.22. The van der Waals surface area contributed by atoms with E-state index in [0.717, 1.165) is 38.8 Å². The van der Waals surface area contributed by atoms with Crippen LogP contribution in [-0.4, -0.2) is 29.9 Å². The number of nitrogens with zero attached hydrogens (tertiary/aromatic N) is 1. The molecule has 2 aliphatic rings. The quantitative estimate of drug-likeness (QED) is 0.695. The molecule has 84 valence electrons. The van der Waals surface area contributed by atoms with Crippen LogP contribution in [0, 0.1) is 5.92 Å². The first kappa shape index (κ1) is 10.7. The maximum atomic E-state index is 11.9. The van der Waals surface area contributed by atoms with Crippen LogP contribution in [0.2, 0.25) is 0 Å². The highest BCUT2D eigenvalue weighted by molar-refractivity contribution is 5.76. The van der Waals surface area contributed by atoms with Gasteiger partial charge in [0, 0.05) is 25.6 Å². The van der Waals surface area contributed by atoms with Crippen molar-refractivity contribution in [3.8, 4) is 0 Å². The first-order valence-corrected chi connectivity index (χ1v) is 5.95. The molecule has 2 rings (SSSR count). The molecule has 0 saturated carbocycles. The molecule has 0 radical (unpaired) electrons. The molecule has 1 fully saturated rings. The molecule has 15 heavy (non-hydrogen) atoms. The Bertz CT molecular complexity index is 254. The minimum absolute atomic E-state index is 0.306. The standard InChI is InChI=1S/C12H20N2O/c13-11-5-7-14(8-6-11)12(15)9-10-3-1-2-4-10/h1,3,10-11H,2,4-9,13H2. The first-order chi connectivity index (χ1) is 7.25. The number of likely N-dealkylation sites (tertiary alicyclic amines) is 1. The van der Waals surface area contributed by atoms with Gasteiger partial charge >= 0.3 is 0 Å². The number of rotatable bonds is 2. The van der Waals surface area contributed by atoms with E-state index in [1.54, 1.807) is 0 Å². The smallest absolute Gasteiger partial charge is 0.223 e. The number of hydrogen-bond donors (Lipinski definition) is 1. The van der Waals surface area contributed by atoms with Gasteiger partial charge < -0.3 is 10.6 Å². The van der Waals surface area contributed by atoms with Crippen molar-refractivity contribution in [1.29, 1.82) is 0 Å². The Balaban J connectivity index is 1.78. The lowest BCUT2D eigenvalue weighted by atomic mass is 10.0. The average Bonchev–Trinajstić information content (AvgIpc) is 2.71. The third-order valence-corrected chi connectivity index (χ3v) is 3.44. The number of carbonyl (C=O) groups excluding carboxylic acids is 1. The second kappa shape index (κ2) is 4.79. The summed E-state index contributed by atoms with van der Waals surface area (Å²) in [5, 5.41) is 0. The van der Waals surface area contributed by atoms with E-state index in [4.69, 9.17) is 5.73 Å². The van der Waals surface area contributed by atoms with Gasteiger partial charge in [0.2, 0.25) is 5.91 Å². The number of nitrogens with two attached hydrogens (primary N) is 1. The van der Waals surface area contributed by atoms with Crippen LogP contribution in [0.15, 0.2) is 12.2 Å². The zero-order valence-corrected chi connectivity index (χ0v) is 9.19. The molecule has 0 spiro atoms. The van der Waals surface area contributed by atoms with Gasteiger partial charge in [0.05, 0.1) is 0 Å². The van der Waals surface area contributed by atoms with Crippen molar-refractivity contribution in [2.45, 2.75) is 38.1 Å². The number of piperidine rings is 1. The summed E-state index contributed by atoms with van der Waals surface area (Å²) >= 11 is 0. The molecule has 2 N–H and O–H groups in total. The molecule has 1 heterocycles. The van der Waals surface area contributed by atoms with E-state index in [1.165, 1.54) is 0 Å². The summed E-state index contributed by atoms with van der Waals surface area (Å²) in [6, 6.07) is 0.306. The molecule has 0 bridgehead atoms. The molecule has 0 aromatic rings. The number of carbonyl (C=O) groups is 1. The monoisotopic (exact) mass is 208 g/mol. The van der Waals surface area contributed by atoms with Gasteiger partial charge in [-0.2, -0.15) is 0 Å². The zero-order valence-electron chi connectivity index (χ0n) is 9.19. The molecule has 3 heteroatoms. The molecular formula is C12H20N2O. The van der Waals surface area contributed by atoms with E-state index >= 15 is 0 Å². The van der Waals surface area contributed by atoms with Crippen LogP contribution in [0.5, 0.6) is 0 Å². The summed E-state index contributed by atoms with van der Waals surface area (Å²) in [4.78, 5) is 13.9. The van der Waals surface area contributed by atoms with Crippen LogP contribution < -0.4 is 5.73 Å². The Labute approximate surface area is 91.3 Å². The average molecular weight is 208 g/mol. The van der Waals surface area contributed by atoms with Crippen LogP contribution in [0.25, 0.3) is 0 Å². The first-order valence-electron chi connectivity index (χ1n) is 5.95. The second-order valence-electron chi connectivity index (χ2n) is 4.69. The fraction of sp³-hybridized carbons (Fsp3) is 0.750. The van der Waals surface area contributed by atoms with Crippen LogP contribution in [0.3, 0.4) is 0 Å². The van der Waals surface area contributed by atoms with Crippen LogP contribution >= 0.6 is 0 Å². The molecule has 1 amide bonds. The Morgan fingerprint density at radius 2 is 2.07 bits per heavy atom. The van der Waals surface area contributed by atoms with E-state index in [9.17, 15) is 4.79 Å². The highest BCUT2D eigenvalue weighted by atomic mass is 16.2. The van der Waals surface area contributed by atoms with Crippen LogP contribution in [0.1, 0.15) is 32.1 Å². The molecule has 3 nitrogen and oxygen atoms in total. The van der Waals surface area contributed by atoms with Gasteiger partial charge in [-0.1, -0.05) is 12.2 Å². The molecule has 1 aliphatic carbocycles. The minimum atomic E-state index is 0.306. The maximum absolute atomic E-state index is 11.9. The van der Waals surface area contributed by atoms with E-state index in [0.29, 0.717) is 24.3 Å². The van der Waals surface area contributed by atoms with Gasteiger partial charge in [0.25, 0.3) is 0 Å². The normalized spacial score (nSPS) is 27.3. The number of hydrogen-bond acceptors (Lipinski definition) is 2. The van der Waals surface area contributed by atoms with Crippen molar-refractivity contribution in [3.05, 3.63) is 12.2 Å². The fourth-order valence-corrected chi connectivity index (χ4v) is 2.37. The molecule has 1 atom stereocenters. The summed E-state index contributed by atoms with van der Waals surface area (Å²) in [5.74, 6) is 0.812. The lowest BCUT2D eigenvalue weighted by Gasteiger charge is -2.30. The third-order valence-electron chi connectivity index (χ3n) is 3.44. The highest BCUT2D eigenvalue weighted by Gasteiger charge is 2.22. The van der Waals surface area contributed by atoms with Gasteiger partial charge in [0.15, 0.2) is 0 Å². The second-order valence-corrected chi connectivity index (χ2v) is 4.69. The van der Waals surface area contributed by atoms with Crippen molar-refractivity contribution in [2.24, 2.45) is 11.7 Å². The topological polar surface area (TPSA) is 46.3 Å². The summed E-state index contributed by atoms with van der Waals surface area (Å²) in [5.41, 5.74) is 5.81. The third kappa shape index (κ3) is 2.81. The van der Waals surface area contributed by atoms with E-state index in [1.807, 2.05) is 4.90 Å². The summed E-state index contributed by atoms with van der Waals surface area (Å²) < 4.78 is 0. The Hall–Kier alpha value is -0.830. The van der Waals surface area contributed by atoms with Gasteiger partial charge in [-0.25, -0.2) is 0 Å². The predicted octanol–water partition coefficient (Wildman–Crippen LogP) is 1.29. The van der Waals surface area contributed by atoms with Crippen molar-refractivity contribution >= 4 is 5.91 Å². The zero-order chi connectivity index (χ0) is 10.7. The Morgan fingerprint density at radius 3 is 2.67 bits per heavy atom. The SMILES string of the molecule is NC1CCN(C(=O)CC2C=CCC2)CC1. The van der Waals surface area contributed by atoms with Gasteiger partial charge in [-0.05, 0) is 31.6 Å². The van der Waals surface area contributed by atoms with Gasteiger partial charge in [-0.3, -0.25) is 4.79 Å². The number of allylic oxidation sites excluding steroid dienone is 2. The van der Waals surface area contributed by atoms with Crippen molar-refractivity contribution in [3.63, 3.8) is 0 Å². The number of amides is 1. The summed E-state index contributed by atoms with van der Waals surface area (Å²) in [6.07, 6.45) is 9.30.